The van der Waals surface area contributed by atoms with Crippen LogP contribution in [0.15, 0.2) is 82.5 Å². The molecule has 10 heteroatoms. The van der Waals surface area contributed by atoms with Crippen LogP contribution in [-0.4, -0.2) is 30.1 Å². The predicted molar refractivity (Wildman–Crippen MR) is 159 cm³/mol. The topological polar surface area (TPSA) is 120 Å². The summed E-state index contributed by atoms with van der Waals surface area (Å²) < 4.78 is 3.20. The zero-order valence-electron chi connectivity index (χ0n) is 21.8. The number of aromatic nitrogens is 5. The van der Waals surface area contributed by atoms with Crippen molar-refractivity contribution in [1.29, 1.82) is 0 Å². The number of hydrogen-bond acceptors (Lipinski definition) is 7. The average molecular weight is 548 g/mol. The van der Waals surface area contributed by atoms with Crippen molar-refractivity contribution in [3.8, 4) is 5.69 Å². The number of pyridine rings is 1. The Hall–Kier alpha value is -5.09. The van der Waals surface area contributed by atoms with Gasteiger partial charge in [0.1, 0.15) is 5.56 Å². The van der Waals surface area contributed by atoms with Crippen molar-refractivity contribution in [2.45, 2.75) is 19.9 Å². The number of nitrogen functional groups attached to an aromatic ring is 1. The van der Waals surface area contributed by atoms with Crippen molar-refractivity contribution >= 4 is 51.6 Å². The van der Waals surface area contributed by atoms with E-state index in [2.05, 4.69) is 20.4 Å². The Kier molecular flexibility index (Phi) is 6.45. The minimum Gasteiger partial charge on any atom is -0.381 e. The van der Waals surface area contributed by atoms with Gasteiger partial charge < -0.3 is 11.1 Å². The molecule has 9 nitrogen and oxygen atoms in total. The molecule has 6 aromatic rings. The van der Waals surface area contributed by atoms with Gasteiger partial charge in [0, 0.05) is 28.7 Å². The molecule has 0 saturated heterocycles. The van der Waals surface area contributed by atoms with E-state index in [1.54, 1.807) is 26.9 Å². The van der Waals surface area contributed by atoms with Crippen molar-refractivity contribution in [3.05, 3.63) is 116 Å². The number of nitrogens with zero attached hydrogens (tertiary/aromatic N) is 5. The SMILES string of the molecule is Cc1ccnc2c(C(=O)NC(C)c3cc4cccc(/C=C/c5cscn5)c4c(=O)n3-c3ccccc3)c(N)nn12. The second kappa shape index (κ2) is 10.2. The van der Waals surface area contributed by atoms with E-state index < -0.39 is 11.9 Å². The van der Waals surface area contributed by atoms with Gasteiger partial charge >= 0.3 is 0 Å². The van der Waals surface area contributed by atoms with E-state index in [0.29, 0.717) is 22.4 Å². The van der Waals surface area contributed by atoms with Gasteiger partial charge in [-0.3, -0.25) is 14.2 Å². The molecule has 0 aliphatic carbocycles. The van der Waals surface area contributed by atoms with Gasteiger partial charge in [0.15, 0.2) is 11.5 Å². The van der Waals surface area contributed by atoms with Crippen LogP contribution in [0, 0.1) is 6.92 Å². The summed E-state index contributed by atoms with van der Waals surface area (Å²) in [4.78, 5) is 36.3. The molecule has 0 aliphatic rings. The Labute approximate surface area is 233 Å². The monoisotopic (exact) mass is 547 g/mol. The van der Waals surface area contributed by atoms with E-state index in [9.17, 15) is 9.59 Å². The molecule has 6 rings (SSSR count). The molecule has 198 valence electrons. The zero-order chi connectivity index (χ0) is 27.8. The summed E-state index contributed by atoms with van der Waals surface area (Å²) >= 11 is 1.51. The van der Waals surface area contributed by atoms with E-state index in [4.69, 9.17) is 5.73 Å². The molecule has 40 heavy (non-hydrogen) atoms. The number of amides is 1. The number of benzene rings is 2. The van der Waals surface area contributed by atoms with Crippen LogP contribution in [0.25, 0.3) is 34.3 Å². The van der Waals surface area contributed by atoms with Crippen LogP contribution >= 0.6 is 11.3 Å². The number of carbonyl (C=O) groups is 1. The summed E-state index contributed by atoms with van der Waals surface area (Å²) in [5.41, 5.74) is 12.0. The van der Waals surface area contributed by atoms with Crippen LogP contribution in [0.4, 0.5) is 5.82 Å². The number of aryl methyl sites for hydroxylation is 1. The van der Waals surface area contributed by atoms with E-state index >= 15 is 0 Å². The number of fused-ring (bicyclic) bond motifs is 2. The summed E-state index contributed by atoms with van der Waals surface area (Å²) in [6, 6.07) is 18.3. The van der Waals surface area contributed by atoms with Crippen LogP contribution in [0.5, 0.6) is 0 Å². The van der Waals surface area contributed by atoms with Gasteiger partial charge in [-0.1, -0.05) is 42.5 Å². The number of para-hydroxylation sites is 1. The predicted octanol–water partition coefficient (Wildman–Crippen LogP) is 5.04. The fraction of sp³-hybridized carbons (Fsp3) is 0.100. The first kappa shape index (κ1) is 25.2. The largest absolute Gasteiger partial charge is 0.381 e. The van der Waals surface area contributed by atoms with Gasteiger partial charge in [0.05, 0.1) is 22.6 Å². The quantitative estimate of drug-likeness (QED) is 0.301. The highest BCUT2D eigenvalue weighted by Crippen LogP contribution is 2.26. The normalized spacial score (nSPS) is 12.3. The van der Waals surface area contributed by atoms with Crippen LogP contribution in [-0.2, 0) is 0 Å². The van der Waals surface area contributed by atoms with Crippen molar-refractivity contribution in [1.82, 2.24) is 29.5 Å². The first-order valence-corrected chi connectivity index (χ1v) is 13.6. The highest BCUT2D eigenvalue weighted by Gasteiger charge is 2.24. The number of carbonyl (C=O) groups excluding carboxylic acids is 1. The highest BCUT2D eigenvalue weighted by atomic mass is 32.1. The number of anilines is 1. The van der Waals surface area contributed by atoms with E-state index in [1.165, 1.54) is 11.3 Å². The third-order valence-corrected chi connectivity index (χ3v) is 7.36. The molecule has 1 amide bonds. The summed E-state index contributed by atoms with van der Waals surface area (Å²) in [5.74, 6) is -0.341. The molecular weight excluding hydrogens is 522 g/mol. The lowest BCUT2D eigenvalue weighted by molar-refractivity contribution is 0.0941. The maximum absolute atomic E-state index is 14.2. The molecule has 1 atom stereocenters. The molecular formula is C30H25N7O2S. The standard InChI is InChI=1S/C30H25N7O2S/c1-18-13-14-32-28-26(27(31)35-37(18)28)29(38)34-19(2)24-15-21-8-6-7-20(11-12-22-16-40-17-33-22)25(21)30(39)36(24)23-9-4-3-5-10-23/h3-17,19H,1-2H3,(H2,31,35)(H,34,38)/b12-11+. The Bertz CT molecular complexity index is 1960. The number of nitrogens with two attached hydrogens (primary N) is 1. The fourth-order valence-corrected chi connectivity index (χ4v) is 5.35. The molecule has 2 aromatic carbocycles. The second-order valence-electron chi connectivity index (χ2n) is 9.38. The molecule has 0 bridgehead atoms. The van der Waals surface area contributed by atoms with Gasteiger partial charge in [-0.2, -0.15) is 0 Å². The molecule has 0 saturated carbocycles. The molecule has 0 radical (unpaired) electrons. The third kappa shape index (κ3) is 4.44. The van der Waals surface area contributed by atoms with Crippen molar-refractivity contribution in [2.24, 2.45) is 0 Å². The molecule has 3 N–H and O–H groups in total. The summed E-state index contributed by atoms with van der Waals surface area (Å²) in [5, 5.41) is 10.6. The Morgan fingerprint density at radius 2 is 1.90 bits per heavy atom. The molecule has 4 aromatic heterocycles. The maximum atomic E-state index is 14.2. The lowest BCUT2D eigenvalue weighted by Crippen LogP contribution is -2.32. The van der Waals surface area contributed by atoms with Crippen LogP contribution in [0.1, 0.15) is 46.0 Å². The highest BCUT2D eigenvalue weighted by molar-refractivity contribution is 7.07. The molecule has 0 aliphatic heterocycles. The second-order valence-corrected chi connectivity index (χ2v) is 10.1. The summed E-state index contributed by atoms with van der Waals surface area (Å²) in [6.07, 6.45) is 5.41. The smallest absolute Gasteiger partial charge is 0.263 e. The van der Waals surface area contributed by atoms with Gasteiger partial charge in [-0.15, -0.1) is 16.4 Å². The van der Waals surface area contributed by atoms with Crippen molar-refractivity contribution in [3.63, 3.8) is 0 Å². The number of rotatable bonds is 6. The third-order valence-electron chi connectivity index (χ3n) is 6.76. The van der Waals surface area contributed by atoms with Crippen molar-refractivity contribution in [2.75, 3.05) is 5.73 Å². The van der Waals surface area contributed by atoms with Gasteiger partial charge in [-0.25, -0.2) is 14.5 Å². The first-order chi connectivity index (χ1) is 19.4. The van der Waals surface area contributed by atoms with Crippen LogP contribution < -0.4 is 16.6 Å². The number of thiazole rings is 1. The summed E-state index contributed by atoms with van der Waals surface area (Å²) in [6.45, 7) is 3.70. The fourth-order valence-electron chi connectivity index (χ4n) is 4.83. The molecule has 0 fully saturated rings. The van der Waals surface area contributed by atoms with E-state index in [1.807, 2.05) is 86.0 Å². The lowest BCUT2D eigenvalue weighted by atomic mass is 10.0. The Balaban J connectivity index is 1.47. The van der Waals surface area contributed by atoms with Gasteiger partial charge in [0.25, 0.3) is 11.5 Å². The van der Waals surface area contributed by atoms with Gasteiger partial charge in [0.2, 0.25) is 0 Å². The molecule has 4 heterocycles. The van der Waals surface area contributed by atoms with Crippen LogP contribution in [0.2, 0.25) is 0 Å². The van der Waals surface area contributed by atoms with E-state index in [-0.39, 0.29) is 16.9 Å². The van der Waals surface area contributed by atoms with E-state index in [0.717, 1.165) is 22.3 Å². The average Bonchev–Trinajstić information content (AvgIpc) is 3.60. The Morgan fingerprint density at radius 1 is 1.07 bits per heavy atom. The summed E-state index contributed by atoms with van der Waals surface area (Å²) in [7, 11) is 0. The minimum atomic E-state index is -0.557. The van der Waals surface area contributed by atoms with Crippen molar-refractivity contribution < 1.29 is 4.79 Å². The van der Waals surface area contributed by atoms with Gasteiger partial charge in [-0.05, 0) is 55.1 Å². The zero-order valence-corrected chi connectivity index (χ0v) is 22.6. The minimum absolute atomic E-state index is 0.0852. The first-order valence-electron chi connectivity index (χ1n) is 12.6. The molecule has 0 spiro atoms. The number of hydrogen-bond donors (Lipinski definition) is 2. The number of nitrogens with one attached hydrogen (secondary N) is 1. The van der Waals surface area contributed by atoms with Crippen LogP contribution in [0.3, 0.4) is 0 Å². The lowest BCUT2D eigenvalue weighted by Gasteiger charge is -2.21. The molecule has 1 unspecified atom stereocenters. The maximum Gasteiger partial charge on any atom is 0.263 e. The Morgan fingerprint density at radius 3 is 2.67 bits per heavy atom.